The molecule has 106 valence electrons. The minimum Gasteiger partial charge on any atom is -0.352 e. The highest BCUT2D eigenvalue weighted by molar-refractivity contribution is 5.85. The summed E-state index contributed by atoms with van der Waals surface area (Å²) in [4.78, 5) is 12.1. The lowest BCUT2D eigenvalue weighted by Gasteiger charge is -2.28. The molecule has 3 N–H and O–H groups in total. The third kappa shape index (κ3) is 4.51. The Morgan fingerprint density at radius 2 is 2.00 bits per heavy atom. The number of carbonyl (C=O) groups excluding carboxylic acids is 1. The monoisotopic (exact) mass is 282 g/mol. The van der Waals surface area contributed by atoms with Crippen molar-refractivity contribution < 1.29 is 4.79 Å². The molecule has 0 aromatic heterocycles. The first-order valence-electron chi connectivity index (χ1n) is 6.77. The minimum absolute atomic E-state index is 0. The third-order valence-electron chi connectivity index (χ3n) is 3.72. The van der Waals surface area contributed by atoms with Gasteiger partial charge in [0, 0.05) is 6.04 Å². The van der Waals surface area contributed by atoms with Crippen LogP contribution in [-0.2, 0) is 4.79 Å². The fourth-order valence-corrected chi connectivity index (χ4v) is 2.67. The van der Waals surface area contributed by atoms with E-state index in [0.29, 0.717) is 12.0 Å². The van der Waals surface area contributed by atoms with Crippen LogP contribution < -0.4 is 11.1 Å². The van der Waals surface area contributed by atoms with Crippen LogP contribution >= 0.6 is 12.4 Å². The lowest BCUT2D eigenvalue weighted by molar-refractivity contribution is -0.123. The summed E-state index contributed by atoms with van der Waals surface area (Å²) in [5.41, 5.74) is 6.85. The zero-order valence-electron chi connectivity index (χ0n) is 11.3. The molecule has 4 heteroatoms. The highest BCUT2D eigenvalue weighted by atomic mass is 35.5. The van der Waals surface area contributed by atoms with Crippen molar-refractivity contribution in [2.45, 2.75) is 44.7 Å². The van der Waals surface area contributed by atoms with Gasteiger partial charge in [-0.25, -0.2) is 0 Å². The second-order valence-corrected chi connectivity index (χ2v) is 5.37. The molecule has 3 atom stereocenters. The standard InChI is InChI=1S/C15H22N2O.ClH/c1-11-6-5-9-13(10-11)17-15(18)14(16)12-7-3-2-4-8-12;/h2-4,7-8,11,13-14H,5-6,9-10,16H2,1H3,(H,17,18);1H. The molecule has 3 unspecified atom stereocenters. The predicted molar refractivity (Wildman–Crippen MR) is 80.2 cm³/mol. The zero-order chi connectivity index (χ0) is 13.0. The molecule has 0 bridgehead atoms. The summed E-state index contributed by atoms with van der Waals surface area (Å²) < 4.78 is 0. The van der Waals surface area contributed by atoms with Gasteiger partial charge in [0.1, 0.15) is 6.04 Å². The summed E-state index contributed by atoms with van der Waals surface area (Å²) in [5, 5.41) is 3.08. The molecule has 1 aliphatic carbocycles. The first-order valence-corrected chi connectivity index (χ1v) is 6.77. The van der Waals surface area contributed by atoms with Gasteiger partial charge >= 0.3 is 0 Å². The van der Waals surface area contributed by atoms with Gasteiger partial charge in [-0.05, 0) is 24.3 Å². The Morgan fingerprint density at radius 3 is 2.63 bits per heavy atom. The molecule has 1 fully saturated rings. The van der Waals surface area contributed by atoms with Crippen molar-refractivity contribution in [1.82, 2.24) is 5.32 Å². The van der Waals surface area contributed by atoms with Crippen molar-refractivity contribution >= 4 is 18.3 Å². The summed E-state index contributed by atoms with van der Waals surface area (Å²) in [6, 6.07) is 9.29. The maximum atomic E-state index is 12.1. The Labute approximate surface area is 121 Å². The molecule has 0 saturated heterocycles. The van der Waals surface area contributed by atoms with Crippen LogP contribution in [0.25, 0.3) is 0 Å². The highest BCUT2D eigenvalue weighted by Gasteiger charge is 2.23. The fraction of sp³-hybridized carbons (Fsp3) is 0.533. The van der Waals surface area contributed by atoms with E-state index in [4.69, 9.17) is 5.73 Å². The number of hydrogen-bond acceptors (Lipinski definition) is 2. The van der Waals surface area contributed by atoms with Gasteiger partial charge in [-0.15, -0.1) is 12.4 Å². The van der Waals surface area contributed by atoms with E-state index in [1.807, 2.05) is 30.3 Å². The molecule has 2 rings (SSSR count). The molecular weight excluding hydrogens is 260 g/mol. The highest BCUT2D eigenvalue weighted by Crippen LogP contribution is 2.24. The summed E-state index contributed by atoms with van der Waals surface area (Å²) in [7, 11) is 0. The van der Waals surface area contributed by atoms with Crippen LogP contribution in [0.2, 0.25) is 0 Å². The first kappa shape index (κ1) is 16.0. The Morgan fingerprint density at radius 1 is 1.32 bits per heavy atom. The topological polar surface area (TPSA) is 55.1 Å². The van der Waals surface area contributed by atoms with Crippen LogP contribution in [0, 0.1) is 5.92 Å². The van der Waals surface area contributed by atoms with E-state index in [0.717, 1.165) is 18.4 Å². The van der Waals surface area contributed by atoms with Crippen molar-refractivity contribution in [2.24, 2.45) is 11.7 Å². The maximum absolute atomic E-state index is 12.1. The van der Waals surface area contributed by atoms with Gasteiger partial charge in [0.25, 0.3) is 0 Å². The van der Waals surface area contributed by atoms with Gasteiger partial charge in [-0.1, -0.05) is 50.1 Å². The number of rotatable bonds is 3. The first-order chi connectivity index (χ1) is 8.66. The number of nitrogens with one attached hydrogen (secondary N) is 1. The largest absolute Gasteiger partial charge is 0.352 e. The minimum atomic E-state index is -0.552. The van der Waals surface area contributed by atoms with Crippen molar-refractivity contribution in [1.29, 1.82) is 0 Å². The average Bonchev–Trinajstić information content (AvgIpc) is 2.39. The molecule has 0 radical (unpaired) electrons. The summed E-state index contributed by atoms with van der Waals surface area (Å²) in [6.45, 7) is 2.25. The van der Waals surface area contributed by atoms with Crippen LogP contribution in [0.3, 0.4) is 0 Å². The molecule has 1 aromatic carbocycles. The number of amides is 1. The van der Waals surface area contributed by atoms with E-state index in [1.54, 1.807) is 0 Å². The molecule has 1 aromatic rings. The van der Waals surface area contributed by atoms with Crippen LogP contribution in [0.1, 0.15) is 44.2 Å². The van der Waals surface area contributed by atoms with Crippen LogP contribution in [0.5, 0.6) is 0 Å². The predicted octanol–water partition coefficient (Wildman–Crippen LogP) is 2.80. The molecule has 3 nitrogen and oxygen atoms in total. The van der Waals surface area contributed by atoms with Gasteiger partial charge in [-0.2, -0.15) is 0 Å². The Kier molecular flexibility index (Phi) is 6.32. The third-order valence-corrected chi connectivity index (χ3v) is 3.72. The molecule has 1 aliphatic rings. The van der Waals surface area contributed by atoms with Crippen molar-refractivity contribution in [3.63, 3.8) is 0 Å². The van der Waals surface area contributed by atoms with E-state index >= 15 is 0 Å². The van der Waals surface area contributed by atoms with Gasteiger partial charge in [0.05, 0.1) is 0 Å². The molecule has 1 saturated carbocycles. The summed E-state index contributed by atoms with van der Waals surface area (Å²) in [5.74, 6) is 0.650. The van der Waals surface area contributed by atoms with E-state index in [9.17, 15) is 4.79 Å². The van der Waals surface area contributed by atoms with E-state index in [-0.39, 0.29) is 18.3 Å². The fourth-order valence-electron chi connectivity index (χ4n) is 2.67. The smallest absolute Gasteiger partial charge is 0.241 e. The molecule has 19 heavy (non-hydrogen) atoms. The average molecular weight is 283 g/mol. The van der Waals surface area contributed by atoms with Crippen LogP contribution in [0.4, 0.5) is 0 Å². The van der Waals surface area contributed by atoms with E-state index in [1.165, 1.54) is 12.8 Å². The number of nitrogens with two attached hydrogens (primary N) is 1. The van der Waals surface area contributed by atoms with E-state index < -0.39 is 6.04 Å². The van der Waals surface area contributed by atoms with Gasteiger partial charge in [0.15, 0.2) is 0 Å². The number of halogens is 1. The SMILES string of the molecule is CC1CCCC(NC(=O)C(N)c2ccccc2)C1.Cl. The normalized spacial score (nSPS) is 24.1. The number of benzene rings is 1. The van der Waals surface area contributed by atoms with Crippen LogP contribution in [0.15, 0.2) is 30.3 Å². The Bertz CT molecular complexity index is 396. The van der Waals surface area contributed by atoms with Crippen LogP contribution in [-0.4, -0.2) is 11.9 Å². The van der Waals surface area contributed by atoms with E-state index in [2.05, 4.69) is 12.2 Å². The lowest BCUT2D eigenvalue weighted by Crippen LogP contribution is -2.42. The van der Waals surface area contributed by atoms with Gasteiger partial charge in [0.2, 0.25) is 5.91 Å². The van der Waals surface area contributed by atoms with Gasteiger partial charge in [-0.3, -0.25) is 4.79 Å². The Hall–Kier alpha value is -1.06. The molecule has 0 heterocycles. The van der Waals surface area contributed by atoms with Gasteiger partial charge < -0.3 is 11.1 Å². The van der Waals surface area contributed by atoms with Crippen molar-refractivity contribution in [2.75, 3.05) is 0 Å². The molecule has 0 spiro atoms. The second-order valence-electron chi connectivity index (χ2n) is 5.37. The quantitative estimate of drug-likeness (QED) is 0.896. The number of hydrogen-bond donors (Lipinski definition) is 2. The lowest BCUT2D eigenvalue weighted by atomic mass is 9.87. The van der Waals surface area contributed by atoms with Crippen molar-refractivity contribution in [3.8, 4) is 0 Å². The molecule has 0 aliphatic heterocycles. The Balaban J connectivity index is 0.00000180. The summed E-state index contributed by atoms with van der Waals surface area (Å²) >= 11 is 0. The number of carbonyl (C=O) groups is 1. The second kappa shape index (κ2) is 7.51. The summed E-state index contributed by atoms with van der Waals surface area (Å²) in [6.07, 6.45) is 4.63. The maximum Gasteiger partial charge on any atom is 0.241 e. The van der Waals surface area contributed by atoms with Crippen molar-refractivity contribution in [3.05, 3.63) is 35.9 Å². The molecule has 1 amide bonds. The zero-order valence-corrected chi connectivity index (χ0v) is 12.2. The molecular formula is C15H23ClN2O.